The van der Waals surface area contributed by atoms with Crippen LogP contribution in [-0.2, 0) is 4.74 Å². The van der Waals surface area contributed by atoms with Gasteiger partial charge in [-0.1, -0.05) is 72.0 Å². The molecule has 2 unspecified atom stereocenters. The molecule has 4 nitrogen and oxygen atoms in total. The molecule has 2 heterocycles. The number of rotatable bonds is 4. The third-order valence-electron chi connectivity index (χ3n) is 5.71. The molecular weight excluding hydrogens is 445 g/mol. The first-order valence-corrected chi connectivity index (χ1v) is 12.2. The van der Waals surface area contributed by atoms with Gasteiger partial charge in [0.15, 0.2) is 0 Å². The second-order valence-corrected chi connectivity index (χ2v) is 9.49. The number of hydrogen-bond donors (Lipinski definition) is 0. The van der Waals surface area contributed by atoms with Crippen LogP contribution in [0.15, 0.2) is 89.9 Å². The number of amidine groups is 1. The number of aromatic nitrogens is 1. The minimum absolute atomic E-state index is 0.113. The molecule has 3 aromatic carbocycles. The summed E-state index contributed by atoms with van der Waals surface area (Å²) in [5.74, 6) is 0.651. The first-order valence-electron chi connectivity index (χ1n) is 11.4. The van der Waals surface area contributed by atoms with E-state index in [0.29, 0.717) is 0 Å². The third-order valence-corrected chi connectivity index (χ3v) is 6.70. The Balaban J connectivity index is 1.66. The van der Waals surface area contributed by atoms with Gasteiger partial charge in [0, 0.05) is 29.8 Å². The lowest BCUT2D eigenvalue weighted by Crippen LogP contribution is -2.48. The molecule has 6 heteroatoms. The van der Waals surface area contributed by atoms with Crippen LogP contribution < -0.4 is 0 Å². The number of benzene rings is 3. The quantitative estimate of drug-likeness (QED) is 0.243. The van der Waals surface area contributed by atoms with Crippen molar-refractivity contribution in [3.05, 3.63) is 96.3 Å². The zero-order valence-electron chi connectivity index (χ0n) is 19.2. The van der Waals surface area contributed by atoms with Crippen molar-refractivity contribution in [3.63, 3.8) is 0 Å². The Morgan fingerprint density at radius 3 is 2.15 bits per heavy atom. The number of ether oxygens (including phenoxy) is 1. The summed E-state index contributed by atoms with van der Waals surface area (Å²) in [7, 11) is 0. The zero-order valence-corrected chi connectivity index (χ0v) is 20.0. The average molecular weight is 472 g/mol. The van der Waals surface area contributed by atoms with E-state index >= 15 is 0 Å². The van der Waals surface area contributed by atoms with Crippen LogP contribution in [0.3, 0.4) is 0 Å². The van der Waals surface area contributed by atoms with Gasteiger partial charge < -0.3 is 9.64 Å². The highest BCUT2D eigenvalue weighted by atomic mass is 32.1. The van der Waals surface area contributed by atoms with Crippen molar-refractivity contribution in [2.24, 2.45) is 4.99 Å². The minimum Gasteiger partial charge on any atom is -0.372 e. The van der Waals surface area contributed by atoms with E-state index in [0.717, 1.165) is 51.3 Å². The highest BCUT2D eigenvalue weighted by Gasteiger charge is 2.26. The summed E-state index contributed by atoms with van der Waals surface area (Å²) < 4.78 is 19.5. The normalized spacial score (nSPS) is 18.8. The molecule has 0 aliphatic carbocycles. The largest absolute Gasteiger partial charge is 0.372 e. The maximum atomic E-state index is 13.5. The van der Waals surface area contributed by atoms with Crippen molar-refractivity contribution in [1.29, 1.82) is 0 Å². The van der Waals surface area contributed by atoms with Gasteiger partial charge in [-0.2, -0.15) is 0 Å². The molecule has 172 valence electrons. The molecule has 1 aliphatic rings. The fraction of sp³-hybridized carbons (Fsp3) is 0.214. The van der Waals surface area contributed by atoms with Crippen molar-refractivity contribution >= 4 is 22.2 Å². The van der Waals surface area contributed by atoms with Crippen LogP contribution in [0.1, 0.15) is 19.4 Å². The van der Waals surface area contributed by atoms with Crippen molar-refractivity contribution in [2.75, 3.05) is 13.1 Å². The van der Waals surface area contributed by atoms with Crippen LogP contribution >= 0.6 is 11.3 Å². The van der Waals surface area contributed by atoms with Crippen LogP contribution in [-0.4, -0.2) is 41.0 Å². The summed E-state index contributed by atoms with van der Waals surface area (Å²) in [5, 5.41) is 1.64. The molecule has 1 fully saturated rings. The van der Waals surface area contributed by atoms with E-state index in [1.807, 2.05) is 48.5 Å². The lowest BCUT2D eigenvalue weighted by atomic mass is 10.1. The van der Waals surface area contributed by atoms with E-state index in [1.165, 1.54) is 23.5 Å². The van der Waals surface area contributed by atoms with Crippen LogP contribution in [0.5, 0.6) is 0 Å². The van der Waals surface area contributed by atoms with Crippen molar-refractivity contribution in [1.82, 2.24) is 9.88 Å². The second kappa shape index (κ2) is 9.87. The summed E-state index contributed by atoms with van der Waals surface area (Å²) in [5.41, 5.74) is 3.76. The highest BCUT2D eigenvalue weighted by molar-refractivity contribution is 7.19. The topological polar surface area (TPSA) is 37.7 Å². The number of hydrogen-bond acceptors (Lipinski definition) is 4. The third kappa shape index (κ3) is 4.93. The second-order valence-electron chi connectivity index (χ2n) is 8.51. The summed E-state index contributed by atoms with van der Waals surface area (Å²) in [4.78, 5) is 12.5. The van der Waals surface area contributed by atoms with E-state index in [9.17, 15) is 4.39 Å². The number of aliphatic imine (C=N–C) groups is 1. The van der Waals surface area contributed by atoms with Crippen LogP contribution in [0.4, 0.5) is 9.39 Å². The van der Waals surface area contributed by atoms with E-state index in [2.05, 4.69) is 30.9 Å². The van der Waals surface area contributed by atoms with Gasteiger partial charge in [-0.05, 0) is 38.1 Å². The van der Waals surface area contributed by atoms with Gasteiger partial charge in [-0.25, -0.2) is 14.4 Å². The first kappa shape index (κ1) is 22.4. The molecule has 0 spiro atoms. The maximum absolute atomic E-state index is 13.5. The smallest absolute Gasteiger partial charge is 0.146 e. The Morgan fingerprint density at radius 2 is 1.50 bits per heavy atom. The molecule has 0 saturated carbocycles. The van der Waals surface area contributed by atoms with Crippen LogP contribution in [0.2, 0.25) is 0 Å². The molecule has 4 aromatic rings. The number of halogens is 1. The van der Waals surface area contributed by atoms with Crippen LogP contribution in [0.25, 0.3) is 21.8 Å². The Hall–Kier alpha value is -3.35. The highest BCUT2D eigenvalue weighted by Crippen LogP contribution is 2.40. The standard InChI is InChI=1S/C28H26FN3OS/c1-19-17-32(18-20(2)33-19)26(22-11-7-4-8-12-22)31-28-25(21-9-5-3-6-10-21)30-27(34-28)23-13-15-24(29)16-14-23/h3-16,19-20H,17-18H2,1-2H3. The van der Waals surface area contributed by atoms with Gasteiger partial charge in [0.1, 0.15) is 27.4 Å². The van der Waals surface area contributed by atoms with Gasteiger partial charge in [0.05, 0.1) is 12.2 Å². The van der Waals surface area contributed by atoms with Gasteiger partial charge in [0.2, 0.25) is 0 Å². The lowest BCUT2D eigenvalue weighted by Gasteiger charge is -2.37. The molecule has 34 heavy (non-hydrogen) atoms. The number of nitrogens with zero attached hydrogens (tertiary/aromatic N) is 3. The summed E-state index contributed by atoms with van der Waals surface area (Å²) in [6.45, 7) is 5.73. The van der Waals surface area contributed by atoms with Crippen molar-refractivity contribution in [3.8, 4) is 21.8 Å². The first-order chi connectivity index (χ1) is 16.6. The number of morpholine rings is 1. The zero-order chi connectivity index (χ0) is 23.5. The molecule has 1 saturated heterocycles. The minimum atomic E-state index is -0.260. The Labute approximate surface area is 203 Å². The lowest BCUT2D eigenvalue weighted by molar-refractivity contribution is -0.0478. The summed E-state index contributed by atoms with van der Waals surface area (Å²) in [6.07, 6.45) is 0.227. The Bertz CT molecular complexity index is 1260. The monoisotopic (exact) mass is 471 g/mol. The molecule has 5 rings (SSSR count). The Morgan fingerprint density at radius 1 is 0.882 bits per heavy atom. The van der Waals surface area contributed by atoms with Gasteiger partial charge in [-0.15, -0.1) is 0 Å². The molecule has 1 aliphatic heterocycles. The molecular formula is C28H26FN3OS. The molecule has 0 amide bonds. The predicted molar refractivity (Wildman–Crippen MR) is 137 cm³/mol. The summed E-state index contributed by atoms with van der Waals surface area (Å²) >= 11 is 1.52. The summed E-state index contributed by atoms with van der Waals surface area (Å²) in [6, 6.07) is 26.8. The SMILES string of the molecule is CC1CN(C(=Nc2sc(-c3ccc(F)cc3)nc2-c2ccccc2)c2ccccc2)CC(C)O1. The number of thiazole rings is 1. The van der Waals surface area contributed by atoms with E-state index < -0.39 is 0 Å². The fourth-order valence-electron chi connectivity index (χ4n) is 4.24. The van der Waals surface area contributed by atoms with Gasteiger partial charge in [-0.3, -0.25) is 0 Å². The molecule has 0 bridgehead atoms. The predicted octanol–water partition coefficient (Wildman–Crippen LogP) is 6.80. The Kier molecular flexibility index (Phi) is 6.52. The van der Waals surface area contributed by atoms with Gasteiger partial charge in [0.25, 0.3) is 0 Å². The van der Waals surface area contributed by atoms with E-state index in [4.69, 9.17) is 14.7 Å². The molecule has 0 radical (unpaired) electrons. The molecule has 1 aromatic heterocycles. The van der Waals surface area contributed by atoms with E-state index in [-0.39, 0.29) is 18.0 Å². The molecule has 0 N–H and O–H groups in total. The molecule has 2 atom stereocenters. The fourth-order valence-corrected chi connectivity index (χ4v) is 5.21. The van der Waals surface area contributed by atoms with Crippen molar-refractivity contribution in [2.45, 2.75) is 26.1 Å². The van der Waals surface area contributed by atoms with Crippen LogP contribution in [0, 0.1) is 5.82 Å². The maximum Gasteiger partial charge on any atom is 0.146 e. The van der Waals surface area contributed by atoms with E-state index in [1.54, 1.807) is 12.1 Å². The average Bonchev–Trinajstić information content (AvgIpc) is 3.27. The van der Waals surface area contributed by atoms with Gasteiger partial charge >= 0.3 is 0 Å². The van der Waals surface area contributed by atoms with Crippen molar-refractivity contribution < 1.29 is 9.13 Å².